The van der Waals surface area contributed by atoms with E-state index in [4.69, 9.17) is 9.47 Å². The van der Waals surface area contributed by atoms with Gasteiger partial charge in [-0.15, -0.1) is 0 Å². The SMILES string of the molecule is CC/C=C\C/C=C\C/C=C\C/C=C\C/C=C\C/C=C\C/C=C\C/C=C\CCCCCCCCCCC(=O)NC(COC1OC(CO)C(O)C(O)C1O)C(O)/C=C/CC/C=C/CC/C=C/CCCCCCC. The number of hydrogen-bond donors (Lipinski definition) is 6. The Hall–Kier alpha value is -3.67. The predicted molar refractivity (Wildman–Crippen MR) is 299 cm³/mol. The minimum atomic E-state index is -1.58. The summed E-state index contributed by atoms with van der Waals surface area (Å²) in [6.07, 6.45) is 69.3. The van der Waals surface area contributed by atoms with Gasteiger partial charge in [-0.3, -0.25) is 4.79 Å². The Bertz CT molecular complexity index is 1570. The molecule has 0 aromatic heterocycles. The van der Waals surface area contributed by atoms with E-state index in [1.807, 2.05) is 6.08 Å². The average molecular weight is 988 g/mol. The fraction of sp³-hybridized carbons (Fsp3) is 0.629. The number of ether oxygens (including phenoxy) is 2. The van der Waals surface area contributed by atoms with Gasteiger partial charge in [0, 0.05) is 6.42 Å². The highest BCUT2D eigenvalue weighted by atomic mass is 16.7. The molecule has 0 radical (unpaired) electrons. The predicted octanol–water partition coefficient (Wildman–Crippen LogP) is 13.7. The van der Waals surface area contributed by atoms with Crippen LogP contribution in [0.4, 0.5) is 0 Å². The van der Waals surface area contributed by atoms with Crippen molar-refractivity contribution in [3.63, 3.8) is 0 Å². The van der Waals surface area contributed by atoms with Crippen molar-refractivity contribution in [2.75, 3.05) is 13.2 Å². The molecule has 0 aromatic rings. The summed E-state index contributed by atoms with van der Waals surface area (Å²) < 4.78 is 11.2. The first-order valence-electron chi connectivity index (χ1n) is 27.9. The van der Waals surface area contributed by atoms with E-state index >= 15 is 0 Å². The second-order valence-corrected chi connectivity index (χ2v) is 18.6. The van der Waals surface area contributed by atoms with Crippen LogP contribution >= 0.6 is 0 Å². The first-order chi connectivity index (χ1) is 34.8. The number of aliphatic hydroxyl groups excluding tert-OH is 5. The molecule has 0 bridgehead atoms. The second kappa shape index (κ2) is 49.9. The maximum absolute atomic E-state index is 13.0. The molecule has 1 amide bonds. The molecular weight excluding hydrogens is 887 g/mol. The number of carbonyl (C=O) groups excluding carboxylic acids is 1. The summed E-state index contributed by atoms with van der Waals surface area (Å²) in [5.74, 6) is -0.207. The molecule has 7 atom stereocenters. The molecule has 0 aliphatic carbocycles. The van der Waals surface area contributed by atoms with E-state index in [1.165, 1.54) is 57.8 Å². The topological polar surface area (TPSA) is 149 Å². The van der Waals surface area contributed by atoms with Gasteiger partial charge < -0.3 is 40.3 Å². The maximum atomic E-state index is 13.0. The highest BCUT2D eigenvalue weighted by Gasteiger charge is 2.44. The third-order valence-corrected chi connectivity index (χ3v) is 12.2. The second-order valence-electron chi connectivity index (χ2n) is 18.6. The minimum absolute atomic E-state index is 0.207. The molecule has 7 unspecified atom stereocenters. The summed E-state index contributed by atoms with van der Waals surface area (Å²) >= 11 is 0. The molecule has 1 aliphatic rings. The standard InChI is InChI=1S/C62H101NO8/c1-3-5-7-9-11-13-15-17-19-20-21-22-23-24-25-26-27-28-29-30-31-32-33-34-35-36-38-40-42-44-46-48-50-52-58(66)63-55(54-70-62-61(69)60(68)59(67)57(53-64)71-62)56(65)51-49-47-45-43-41-39-37-18-16-14-12-10-8-6-4-2/h5,7,11,13,16-19,21-22,24-25,27-28,30-31,33-34,41,43,49,51,55-57,59-62,64-65,67-69H,3-4,6,8-10,12,14-15,20,23,26,29,32,35-40,42,44-48,50,52-54H2,1-2H3,(H,63,66)/b7-5-,13-11-,18-16+,19-17-,22-21-,25-24-,28-27-,31-30-,34-33-,43-41+,51-49+. The van der Waals surface area contributed by atoms with Gasteiger partial charge >= 0.3 is 0 Å². The highest BCUT2D eigenvalue weighted by molar-refractivity contribution is 5.76. The van der Waals surface area contributed by atoms with E-state index in [0.29, 0.717) is 6.42 Å². The van der Waals surface area contributed by atoms with Gasteiger partial charge in [0.2, 0.25) is 5.91 Å². The molecule has 0 aromatic carbocycles. The van der Waals surface area contributed by atoms with E-state index in [-0.39, 0.29) is 12.5 Å². The zero-order chi connectivity index (χ0) is 51.5. The van der Waals surface area contributed by atoms with Crippen molar-refractivity contribution in [1.29, 1.82) is 0 Å². The Morgan fingerprint density at radius 2 is 0.887 bits per heavy atom. The molecule has 1 fully saturated rings. The molecule has 0 saturated carbocycles. The van der Waals surface area contributed by atoms with Crippen LogP contribution in [-0.4, -0.2) is 87.5 Å². The molecule has 0 spiro atoms. The number of allylic oxidation sites excluding steroid dienone is 21. The van der Waals surface area contributed by atoms with Gasteiger partial charge in [0.25, 0.3) is 0 Å². The fourth-order valence-corrected chi connectivity index (χ4v) is 7.79. The summed E-state index contributed by atoms with van der Waals surface area (Å²) in [7, 11) is 0. The van der Waals surface area contributed by atoms with Crippen molar-refractivity contribution >= 4 is 5.91 Å². The van der Waals surface area contributed by atoms with E-state index in [9.17, 15) is 30.3 Å². The number of hydrogen-bond acceptors (Lipinski definition) is 8. The van der Waals surface area contributed by atoms with Gasteiger partial charge in [0.05, 0.1) is 25.4 Å². The number of nitrogens with one attached hydrogen (secondary N) is 1. The third-order valence-electron chi connectivity index (χ3n) is 12.2. The lowest BCUT2D eigenvalue weighted by molar-refractivity contribution is -0.302. The van der Waals surface area contributed by atoms with E-state index in [1.54, 1.807) is 6.08 Å². The maximum Gasteiger partial charge on any atom is 0.220 e. The first-order valence-corrected chi connectivity index (χ1v) is 27.9. The third kappa shape index (κ3) is 39.5. The number of unbranched alkanes of at least 4 members (excludes halogenated alkanes) is 15. The van der Waals surface area contributed by atoms with Gasteiger partial charge in [0.1, 0.15) is 24.4 Å². The molecule has 1 heterocycles. The van der Waals surface area contributed by atoms with Crippen LogP contribution in [0.15, 0.2) is 134 Å². The average Bonchev–Trinajstić information content (AvgIpc) is 3.37. The summed E-state index contributed by atoms with van der Waals surface area (Å²) in [6, 6.07) is -0.842. The molecule has 1 aliphatic heterocycles. The van der Waals surface area contributed by atoms with E-state index in [2.05, 4.69) is 141 Å². The lowest BCUT2D eigenvalue weighted by Crippen LogP contribution is -2.60. The quantitative estimate of drug-likeness (QED) is 0.0261. The van der Waals surface area contributed by atoms with E-state index in [0.717, 1.165) is 116 Å². The summed E-state index contributed by atoms with van der Waals surface area (Å²) in [6.45, 7) is 3.60. The van der Waals surface area contributed by atoms with Gasteiger partial charge in [-0.05, 0) is 109 Å². The lowest BCUT2D eigenvalue weighted by atomic mass is 9.99. The van der Waals surface area contributed by atoms with Crippen molar-refractivity contribution < 1.29 is 39.8 Å². The monoisotopic (exact) mass is 988 g/mol. The number of aliphatic hydroxyl groups is 5. The first kappa shape index (κ1) is 65.3. The van der Waals surface area contributed by atoms with Crippen molar-refractivity contribution in [2.24, 2.45) is 0 Å². The van der Waals surface area contributed by atoms with E-state index < -0.39 is 49.5 Å². The Balaban J connectivity index is 2.25. The smallest absolute Gasteiger partial charge is 0.220 e. The zero-order valence-corrected chi connectivity index (χ0v) is 44.4. The summed E-state index contributed by atoms with van der Waals surface area (Å²) in [4.78, 5) is 13.0. The number of rotatable bonds is 45. The fourth-order valence-electron chi connectivity index (χ4n) is 7.79. The number of carbonyl (C=O) groups is 1. The summed E-state index contributed by atoms with van der Waals surface area (Å²) in [5, 5.41) is 54.4. The van der Waals surface area contributed by atoms with Crippen molar-refractivity contribution in [3.8, 4) is 0 Å². The molecular formula is C62H101NO8. The zero-order valence-electron chi connectivity index (χ0n) is 44.4. The summed E-state index contributed by atoms with van der Waals surface area (Å²) in [5.41, 5.74) is 0. The molecule has 9 nitrogen and oxygen atoms in total. The van der Waals surface area contributed by atoms with Crippen molar-refractivity contribution in [2.45, 2.75) is 236 Å². The molecule has 1 saturated heterocycles. The van der Waals surface area contributed by atoms with Crippen LogP contribution in [-0.2, 0) is 14.3 Å². The number of amides is 1. The van der Waals surface area contributed by atoms with Crippen LogP contribution in [0.1, 0.15) is 194 Å². The van der Waals surface area contributed by atoms with Crippen LogP contribution < -0.4 is 5.32 Å². The highest BCUT2D eigenvalue weighted by Crippen LogP contribution is 2.22. The van der Waals surface area contributed by atoms with Crippen LogP contribution in [0.2, 0.25) is 0 Å². The molecule has 1 rings (SSSR count). The van der Waals surface area contributed by atoms with Gasteiger partial charge in [0.15, 0.2) is 6.29 Å². The Morgan fingerprint density at radius 1 is 0.493 bits per heavy atom. The Labute approximate surface area is 432 Å². The minimum Gasteiger partial charge on any atom is -0.394 e. The largest absolute Gasteiger partial charge is 0.394 e. The van der Waals surface area contributed by atoms with Gasteiger partial charge in [-0.25, -0.2) is 0 Å². The molecule has 6 N–H and O–H groups in total. The van der Waals surface area contributed by atoms with Crippen LogP contribution in [0.25, 0.3) is 0 Å². The Kier molecular flexibility index (Phi) is 45.9. The van der Waals surface area contributed by atoms with Crippen LogP contribution in [0.5, 0.6) is 0 Å². The van der Waals surface area contributed by atoms with Gasteiger partial charge in [-0.1, -0.05) is 212 Å². The van der Waals surface area contributed by atoms with Crippen molar-refractivity contribution in [1.82, 2.24) is 5.32 Å². The molecule has 9 heteroatoms. The molecule has 402 valence electrons. The van der Waals surface area contributed by atoms with Crippen LogP contribution in [0.3, 0.4) is 0 Å². The van der Waals surface area contributed by atoms with Crippen LogP contribution in [0, 0.1) is 0 Å². The van der Waals surface area contributed by atoms with Gasteiger partial charge in [-0.2, -0.15) is 0 Å². The molecule has 71 heavy (non-hydrogen) atoms. The van der Waals surface area contributed by atoms with Crippen molar-refractivity contribution in [3.05, 3.63) is 134 Å². The lowest BCUT2D eigenvalue weighted by Gasteiger charge is -2.40. The normalized spacial score (nSPS) is 20.4. The Morgan fingerprint density at radius 3 is 1.35 bits per heavy atom.